The number of ether oxygens (including phenoxy) is 2. The van der Waals surface area contributed by atoms with Crippen LogP contribution in [0, 0.1) is 5.92 Å². The summed E-state index contributed by atoms with van der Waals surface area (Å²) in [5.74, 6) is 1.66. The van der Waals surface area contributed by atoms with Crippen molar-refractivity contribution in [2.75, 3.05) is 18.6 Å². The molecule has 0 unspecified atom stereocenters. The van der Waals surface area contributed by atoms with Crippen LogP contribution >= 0.6 is 11.6 Å². The standard InChI is InChI=1S/C23H25ClN4O3/c1-4-30-20-11-16(10-18(24)22(20)31-14-15(2)3)13-25-28-23-26-19(12-21(29)27-23)17-8-6-5-7-9-17/h5-13,15H,4,14H2,1-3H3,(H2,26,27,28,29)/b25-13-. The third kappa shape index (κ3) is 6.33. The molecule has 0 saturated heterocycles. The molecule has 0 fully saturated rings. The predicted octanol–water partition coefficient (Wildman–Crippen LogP) is 4.97. The molecule has 0 saturated carbocycles. The van der Waals surface area contributed by atoms with Gasteiger partial charge in [-0.3, -0.25) is 9.78 Å². The second-order valence-corrected chi connectivity index (χ2v) is 7.59. The highest BCUT2D eigenvalue weighted by molar-refractivity contribution is 6.32. The Kier molecular flexibility index (Phi) is 7.67. The van der Waals surface area contributed by atoms with E-state index in [1.165, 1.54) is 6.07 Å². The number of rotatable bonds is 9. The van der Waals surface area contributed by atoms with E-state index >= 15 is 0 Å². The topological polar surface area (TPSA) is 88.6 Å². The van der Waals surface area contributed by atoms with Crippen LogP contribution in [-0.2, 0) is 0 Å². The van der Waals surface area contributed by atoms with Gasteiger partial charge >= 0.3 is 0 Å². The maximum absolute atomic E-state index is 12.0. The summed E-state index contributed by atoms with van der Waals surface area (Å²) in [5.41, 5.74) is 4.58. The van der Waals surface area contributed by atoms with Crippen molar-refractivity contribution in [2.45, 2.75) is 20.8 Å². The average molecular weight is 441 g/mol. The summed E-state index contributed by atoms with van der Waals surface area (Å²) in [6, 6.07) is 14.4. The zero-order valence-electron chi connectivity index (χ0n) is 17.7. The Bertz CT molecular complexity index is 1100. The van der Waals surface area contributed by atoms with Gasteiger partial charge in [0.05, 0.1) is 30.1 Å². The van der Waals surface area contributed by atoms with Gasteiger partial charge in [0.15, 0.2) is 11.5 Å². The van der Waals surface area contributed by atoms with E-state index in [0.29, 0.717) is 46.9 Å². The van der Waals surface area contributed by atoms with E-state index in [1.807, 2.05) is 37.3 Å². The van der Waals surface area contributed by atoms with E-state index in [2.05, 4.69) is 34.3 Å². The minimum Gasteiger partial charge on any atom is -0.490 e. The molecule has 0 radical (unpaired) electrons. The molecule has 162 valence electrons. The first-order valence-electron chi connectivity index (χ1n) is 10.0. The van der Waals surface area contributed by atoms with Gasteiger partial charge in [0.2, 0.25) is 5.95 Å². The van der Waals surface area contributed by atoms with Crippen molar-refractivity contribution in [3.63, 3.8) is 0 Å². The lowest BCUT2D eigenvalue weighted by molar-refractivity contribution is 0.248. The Hall–Kier alpha value is -3.32. The molecule has 0 aliphatic heterocycles. The zero-order chi connectivity index (χ0) is 22.2. The lowest BCUT2D eigenvalue weighted by atomic mass is 10.1. The highest BCUT2D eigenvalue weighted by atomic mass is 35.5. The number of nitrogens with one attached hydrogen (secondary N) is 2. The highest BCUT2D eigenvalue weighted by Gasteiger charge is 2.13. The predicted molar refractivity (Wildman–Crippen MR) is 124 cm³/mol. The monoisotopic (exact) mass is 440 g/mol. The normalized spacial score (nSPS) is 11.1. The van der Waals surface area contributed by atoms with Gasteiger partial charge < -0.3 is 9.47 Å². The number of hydrogen-bond donors (Lipinski definition) is 2. The third-order valence-corrected chi connectivity index (χ3v) is 4.37. The summed E-state index contributed by atoms with van der Waals surface area (Å²) in [6.07, 6.45) is 1.57. The number of aromatic nitrogens is 2. The smallest absolute Gasteiger partial charge is 0.252 e. The van der Waals surface area contributed by atoms with Crippen molar-refractivity contribution in [1.29, 1.82) is 0 Å². The number of halogens is 1. The van der Waals surface area contributed by atoms with Gasteiger partial charge in [0, 0.05) is 11.6 Å². The number of hydrogen-bond acceptors (Lipinski definition) is 6. The van der Waals surface area contributed by atoms with Gasteiger partial charge in [-0.1, -0.05) is 55.8 Å². The molecule has 8 heteroatoms. The Morgan fingerprint density at radius 3 is 2.68 bits per heavy atom. The summed E-state index contributed by atoms with van der Waals surface area (Å²) in [4.78, 5) is 19.0. The number of benzene rings is 2. The largest absolute Gasteiger partial charge is 0.490 e. The fraction of sp³-hybridized carbons (Fsp3) is 0.261. The maximum Gasteiger partial charge on any atom is 0.252 e. The van der Waals surface area contributed by atoms with E-state index in [9.17, 15) is 4.79 Å². The van der Waals surface area contributed by atoms with Crippen LogP contribution in [0.1, 0.15) is 26.3 Å². The first-order chi connectivity index (χ1) is 15.0. The lowest BCUT2D eigenvalue weighted by Crippen LogP contribution is -2.10. The number of hydrazone groups is 1. The van der Waals surface area contributed by atoms with Gasteiger partial charge in [-0.05, 0) is 30.5 Å². The Balaban J connectivity index is 1.79. The number of anilines is 1. The van der Waals surface area contributed by atoms with Crippen LogP contribution in [0.4, 0.5) is 5.95 Å². The molecule has 2 N–H and O–H groups in total. The zero-order valence-corrected chi connectivity index (χ0v) is 18.4. The molecule has 3 rings (SSSR count). The third-order valence-electron chi connectivity index (χ3n) is 4.09. The van der Waals surface area contributed by atoms with Crippen molar-refractivity contribution in [3.8, 4) is 22.8 Å². The van der Waals surface area contributed by atoms with Crippen LogP contribution in [-0.4, -0.2) is 29.4 Å². The first kappa shape index (κ1) is 22.4. The molecule has 1 heterocycles. The second kappa shape index (κ2) is 10.6. The summed E-state index contributed by atoms with van der Waals surface area (Å²) in [6.45, 7) is 7.03. The van der Waals surface area contributed by atoms with Crippen LogP contribution in [0.25, 0.3) is 11.3 Å². The maximum atomic E-state index is 12.0. The van der Waals surface area contributed by atoms with Crippen molar-refractivity contribution in [2.24, 2.45) is 11.0 Å². The molecule has 3 aromatic rings. The van der Waals surface area contributed by atoms with Crippen molar-refractivity contribution >= 4 is 23.8 Å². The first-order valence-corrected chi connectivity index (χ1v) is 10.4. The van der Waals surface area contributed by atoms with E-state index in [0.717, 1.165) is 5.56 Å². The van der Waals surface area contributed by atoms with E-state index in [1.54, 1.807) is 18.3 Å². The number of nitrogens with zero attached hydrogens (tertiary/aromatic N) is 2. The van der Waals surface area contributed by atoms with Crippen LogP contribution in [0.15, 0.2) is 58.4 Å². The van der Waals surface area contributed by atoms with E-state index < -0.39 is 0 Å². The van der Waals surface area contributed by atoms with Crippen LogP contribution in [0.3, 0.4) is 0 Å². The van der Waals surface area contributed by atoms with Crippen molar-refractivity contribution < 1.29 is 9.47 Å². The molecule has 1 aromatic heterocycles. The fourth-order valence-corrected chi connectivity index (χ4v) is 3.02. The molecule has 0 aliphatic carbocycles. The molecule has 0 amide bonds. The lowest BCUT2D eigenvalue weighted by Gasteiger charge is -2.15. The SMILES string of the molecule is CCOc1cc(/C=N\Nc2nc(-c3ccccc3)cc(=O)[nH]2)cc(Cl)c1OCC(C)C. The summed E-state index contributed by atoms with van der Waals surface area (Å²) in [5, 5.41) is 4.61. The minimum absolute atomic E-state index is 0.232. The molecular weight excluding hydrogens is 416 g/mol. The molecule has 7 nitrogen and oxygen atoms in total. The van der Waals surface area contributed by atoms with Crippen molar-refractivity contribution in [3.05, 3.63) is 69.5 Å². The van der Waals surface area contributed by atoms with Gasteiger partial charge in [0.25, 0.3) is 5.56 Å². The number of H-pyrrole nitrogens is 1. The second-order valence-electron chi connectivity index (χ2n) is 7.18. The molecule has 0 aliphatic rings. The fourth-order valence-electron chi connectivity index (χ4n) is 2.75. The van der Waals surface area contributed by atoms with E-state index in [4.69, 9.17) is 21.1 Å². The summed E-state index contributed by atoms with van der Waals surface area (Å²) >= 11 is 6.41. The van der Waals surface area contributed by atoms with Gasteiger partial charge in [-0.15, -0.1) is 0 Å². The number of aromatic amines is 1. The van der Waals surface area contributed by atoms with Crippen LogP contribution in [0.2, 0.25) is 5.02 Å². The molecule has 2 aromatic carbocycles. The van der Waals surface area contributed by atoms with E-state index in [-0.39, 0.29) is 11.5 Å². The van der Waals surface area contributed by atoms with Crippen LogP contribution in [0.5, 0.6) is 11.5 Å². The Morgan fingerprint density at radius 2 is 1.97 bits per heavy atom. The quantitative estimate of drug-likeness (QED) is 0.362. The molecular formula is C23H25ClN4O3. The average Bonchev–Trinajstić information content (AvgIpc) is 2.73. The van der Waals surface area contributed by atoms with Gasteiger partial charge in [0.1, 0.15) is 0 Å². The van der Waals surface area contributed by atoms with Crippen molar-refractivity contribution in [1.82, 2.24) is 9.97 Å². The van der Waals surface area contributed by atoms with Gasteiger partial charge in [-0.25, -0.2) is 10.4 Å². The summed E-state index contributed by atoms with van der Waals surface area (Å²) < 4.78 is 11.5. The van der Waals surface area contributed by atoms with Crippen LogP contribution < -0.4 is 20.5 Å². The minimum atomic E-state index is -0.278. The molecule has 31 heavy (non-hydrogen) atoms. The Morgan fingerprint density at radius 1 is 1.19 bits per heavy atom. The summed E-state index contributed by atoms with van der Waals surface area (Å²) in [7, 11) is 0. The molecule has 0 atom stereocenters. The molecule has 0 bridgehead atoms. The Labute approximate surface area is 186 Å². The highest BCUT2D eigenvalue weighted by Crippen LogP contribution is 2.36. The molecule has 0 spiro atoms. The van der Waals surface area contributed by atoms with Gasteiger partial charge in [-0.2, -0.15) is 5.10 Å².